The lowest BCUT2D eigenvalue weighted by Gasteiger charge is -2.13. The summed E-state index contributed by atoms with van der Waals surface area (Å²) < 4.78 is 39.0. The summed E-state index contributed by atoms with van der Waals surface area (Å²) in [7, 11) is -2.18. The van der Waals surface area contributed by atoms with E-state index in [0.717, 1.165) is 44.5 Å². The van der Waals surface area contributed by atoms with Crippen LogP contribution in [0, 0.1) is 27.7 Å². The van der Waals surface area contributed by atoms with Crippen molar-refractivity contribution in [1.82, 2.24) is 8.96 Å². The summed E-state index contributed by atoms with van der Waals surface area (Å²) in [5.41, 5.74) is 7.00. The van der Waals surface area contributed by atoms with Crippen molar-refractivity contribution in [3.05, 3.63) is 107 Å². The number of fused-ring (bicyclic) bond motifs is 1. The lowest BCUT2D eigenvalue weighted by molar-refractivity contribution is 0.153. The molecular weight excluding hydrogens is 538 g/mol. The molecule has 1 amide bonds. The predicted molar refractivity (Wildman–Crippen MR) is 160 cm³/mol. The number of benzene rings is 3. The minimum Gasteiger partial charge on any atom is -0.496 e. The molecule has 9 heteroatoms. The molecule has 0 aliphatic rings. The Kier molecular flexibility index (Phi) is 7.55. The standard InChI is InChI=1S/C32H31N3O5S/c1-20-6-10-28(11-7-20)41(37,38)35-13-12-24-8-9-25(17-30(24)35)26-14-21(2)15-27(16-26)34-32(36)40-19-29-23(4)31(39-5)22(3)18-33-29/h6-18H,19H2,1-5H3,(H,34,36). The molecule has 2 heterocycles. The largest absolute Gasteiger partial charge is 0.496 e. The number of methoxy groups -OCH3 is 1. The summed E-state index contributed by atoms with van der Waals surface area (Å²) >= 11 is 0. The van der Waals surface area contributed by atoms with Crippen molar-refractivity contribution in [2.24, 2.45) is 0 Å². The number of nitrogens with zero attached hydrogens (tertiary/aromatic N) is 2. The summed E-state index contributed by atoms with van der Waals surface area (Å²) in [5, 5.41) is 3.60. The number of amides is 1. The monoisotopic (exact) mass is 569 g/mol. The number of carbonyl (C=O) groups is 1. The van der Waals surface area contributed by atoms with Crippen molar-refractivity contribution in [3.8, 4) is 16.9 Å². The zero-order chi connectivity index (χ0) is 29.3. The van der Waals surface area contributed by atoms with E-state index in [-0.39, 0.29) is 11.5 Å². The fraction of sp³-hybridized carbons (Fsp3) is 0.188. The van der Waals surface area contributed by atoms with Crippen molar-refractivity contribution < 1.29 is 22.7 Å². The van der Waals surface area contributed by atoms with Crippen LogP contribution in [0.25, 0.3) is 22.0 Å². The van der Waals surface area contributed by atoms with E-state index in [2.05, 4.69) is 10.3 Å². The van der Waals surface area contributed by atoms with Gasteiger partial charge in [-0.25, -0.2) is 17.2 Å². The number of hydrogen-bond acceptors (Lipinski definition) is 6. The molecule has 1 N–H and O–H groups in total. The van der Waals surface area contributed by atoms with Crippen LogP contribution >= 0.6 is 0 Å². The van der Waals surface area contributed by atoms with Crippen molar-refractivity contribution in [3.63, 3.8) is 0 Å². The molecule has 0 unspecified atom stereocenters. The minimum atomic E-state index is -3.78. The van der Waals surface area contributed by atoms with E-state index in [4.69, 9.17) is 9.47 Å². The van der Waals surface area contributed by atoms with Gasteiger partial charge in [-0.15, -0.1) is 0 Å². The first-order valence-corrected chi connectivity index (χ1v) is 14.5. The Balaban J connectivity index is 1.39. The van der Waals surface area contributed by atoms with Gasteiger partial charge in [-0.1, -0.05) is 35.9 Å². The van der Waals surface area contributed by atoms with E-state index in [9.17, 15) is 13.2 Å². The molecule has 0 aliphatic carbocycles. The lowest BCUT2D eigenvalue weighted by Crippen LogP contribution is -2.15. The summed E-state index contributed by atoms with van der Waals surface area (Å²) in [5.74, 6) is 0.720. The number of nitrogens with one attached hydrogen (secondary N) is 1. The average Bonchev–Trinajstić information content (AvgIpc) is 3.37. The molecule has 2 aromatic heterocycles. The molecule has 0 fully saturated rings. The first kappa shape index (κ1) is 27.9. The highest BCUT2D eigenvalue weighted by atomic mass is 32.2. The van der Waals surface area contributed by atoms with Gasteiger partial charge in [0.2, 0.25) is 0 Å². The predicted octanol–water partition coefficient (Wildman–Crippen LogP) is 6.93. The average molecular weight is 570 g/mol. The Morgan fingerprint density at radius 2 is 1.66 bits per heavy atom. The molecule has 0 atom stereocenters. The van der Waals surface area contributed by atoms with Gasteiger partial charge in [0.05, 0.1) is 23.2 Å². The third kappa shape index (κ3) is 5.67. The van der Waals surface area contributed by atoms with Gasteiger partial charge < -0.3 is 9.47 Å². The van der Waals surface area contributed by atoms with E-state index >= 15 is 0 Å². The quantitative estimate of drug-likeness (QED) is 0.228. The summed E-state index contributed by atoms with van der Waals surface area (Å²) in [6, 6.07) is 19.9. The first-order valence-electron chi connectivity index (χ1n) is 13.0. The summed E-state index contributed by atoms with van der Waals surface area (Å²) in [4.78, 5) is 17.3. The number of carbonyl (C=O) groups excluding carboxylic acids is 1. The maximum Gasteiger partial charge on any atom is 0.412 e. The molecule has 0 spiro atoms. The normalized spacial score (nSPS) is 11.4. The smallest absolute Gasteiger partial charge is 0.412 e. The Hall–Kier alpha value is -4.63. The van der Waals surface area contributed by atoms with Gasteiger partial charge in [-0.3, -0.25) is 10.3 Å². The SMILES string of the molecule is COc1c(C)cnc(COC(=O)Nc2cc(C)cc(-c3ccc4ccn(S(=O)(=O)c5ccc(C)cc5)c4c3)c2)c1C. The van der Waals surface area contributed by atoms with Crippen molar-refractivity contribution >= 4 is 32.7 Å². The molecule has 210 valence electrons. The van der Waals surface area contributed by atoms with Gasteiger partial charge in [0.15, 0.2) is 0 Å². The van der Waals surface area contributed by atoms with Gasteiger partial charge in [0.1, 0.15) is 12.4 Å². The van der Waals surface area contributed by atoms with E-state index in [1.807, 2.05) is 64.1 Å². The maximum atomic E-state index is 13.4. The van der Waals surface area contributed by atoms with Gasteiger partial charge in [0.25, 0.3) is 10.0 Å². The van der Waals surface area contributed by atoms with Crippen molar-refractivity contribution in [2.45, 2.75) is 39.2 Å². The molecule has 0 saturated carbocycles. The zero-order valence-corrected chi connectivity index (χ0v) is 24.4. The van der Waals surface area contributed by atoms with Crippen LogP contribution in [0.3, 0.4) is 0 Å². The lowest BCUT2D eigenvalue weighted by atomic mass is 10.0. The molecule has 41 heavy (non-hydrogen) atoms. The number of pyridine rings is 1. The molecule has 0 bridgehead atoms. The Labute approximate surface area is 239 Å². The molecule has 0 saturated heterocycles. The fourth-order valence-corrected chi connectivity index (χ4v) is 6.19. The number of ether oxygens (including phenoxy) is 2. The van der Waals surface area contributed by atoms with Gasteiger partial charge in [-0.05, 0) is 80.8 Å². The molecular formula is C32H31N3O5S. The minimum absolute atomic E-state index is 0.00388. The molecule has 0 radical (unpaired) electrons. The van der Waals surface area contributed by atoms with Crippen LogP contribution in [0.15, 0.2) is 84.0 Å². The zero-order valence-electron chi connectivity index (χ0n) is 23.6. The van der Waals surface area contributed by atoms with E-state index in [1.54, 1.807) is 49.8 Å². The topological polar surface area (TPSA) is 99.5 Å². The molecule has 5 aromatic rings. The number of aromatic nitrogens is 2. The van der Waals surface area contributed by atoms with E-state index in [0.29, 0.717) is 16.9 Å². The molecule has 8 nitrogen and oxygen atoms in total. The molecule has 0 aliphatic heterocycles. The van der Waals surface area contributed by atoms with Crippen LogP contribution in [0.4, 0.5) is 10.5 Å². The second kappa shape index (κ2) is 11.1. The first-order chi connectivity index (χ1) is 19.6. The second-order valence-corrected chi connectivity index (χ2v) is 11.9. The maximum absolute atomic E-state index is 13.4. The van der Waals surface area contributed by atoms with Gasteiger partial charge >= 0.3 is 6.09 Å². The Morgan fingerprint density at radius 3 is 2.39 bits per heavy atom. The third-order valence-electron chi connectivity index (χ3n) is 6.98. The van der Waals surface area contributed by atoms with E-state index in [1.165, 1.54) is 3.97 Å². The van der Waals surface area contributed by atoms with Crippen molar-refractivity contribution in [1.29, 1.82) is 0 Å². The number of aryl methyl sites for hydroxylation is 3. The molecule has 3 aromatic carbocycles. The van der Waals surface area contributed by atoms with Crippen LogP contribution in [0.1, 0.15) is 27.9 Å². The van der Waals surface area contributed by atoms with Crippen LogP contribution in [-0.2, 0) is 21.4 Å². The van der Waals surface area contributed by atoms with Crippen LogP contribution in [-0.4, -0.2) is 30.6 Å². The highest BCUT2D eigenvalue weighted by molar-refractivity contribution is 7.90. The Bertz CT molecular complexity index is 1880. The van der Waals surface area contributed by atoms with Crippen LogP contribution < -0.4 is 10.1 Å². The number of hydrogen-bond donors (Lipinski definition) is 1. The third-order valence-corrected chi connectivity index (χ3v) is 8.69. The van der Waals surface area contributed by atoms with Crippen LogP contribution in [0.5, 0.6) is 5.75 Å². The molecule has 5 rings (SSSR count). The number of anilines is 1. The second-order valence-electron chi connectivity index (χ2n) is 10.0. The van der Waals surface area contributed by atoms with Crippen molar-refractivity contribution in [2.75, 3.05) is 12.4 Å². The Morgan fingerprint density at radius 1 is 0.902 bits per heavy atom. The summed E-state index contributed by atoms with van der Waals surface area (Å²) in [6.07, 6.45) is 2.65. The van der Waals surface area contributed by atoms with E-state index < -0.39 is 16.1 Å². The van der Waals surface area contributed by atoms with Gasteiger partial charge in [-0.2, -0.15) is 0 Å². The van der Waals surface area contributed by atoms with Crippen LogP contribution in [0.2, 0.25) is 0 Å². The number of rotatable bonds is 7. The highest BCUT2D eigenvalue weighted by Crippen LogP contribution is 2.30. The fourth-order valence-electron chi connectivity index (χ4n) is 4.84. The summed E-state index contributed by atoms with van der Waals surface area (Å²) in [6.45, 7) is 7.62. The van der Waals surface area contributed by atoms with Gasteiger partial charge in [0, 0.05) is 34.6 Å². The highest BCUT2D eigenvalue weighted by Gasteiger charge is 2.19.